The molecule has 0 fully saturated rings. The number of unbranched alkanes of at least 4 members (excludes halogenated alkanes) is 1. The quantitative estimate of drug-likeness (QED) is 0.718. The van der Waals surface area contributed by atoms with Gasteiger partial charge in [0.2, 0.25) is 0 Å². The Labute approximate surface area is 157 Å². The molecule has 0 unspecified atom stereocenters. The van der Waals surface area contributed by atoms with Crippen LogP contribution < -0.4 is 10.2 Å². The van der Waals surface area contributed by atoms with Gasteiger partial charge in [0.15, 0.2) is 0 Å². The maximum absolute atomic E-state index is 12.3. The molecule has 1 aromatic heterocycles. The number of hydrogen-bond acceptors (Lipinski definition) is 4. The number of pyridine rings is 1. The summed E-state index contributed by atoms with van der Waals surface area (Å²) in [4.78, 5) is 30.2. The number of carbonyl (C=O) groups excluding carboxylic acids is 1. The van der Waals surface area contributed by atoms with Gasteiger partial charge in [0.05, 0.1) is 11.9 Å². The Bertz CT molecular complexity index is 778. The lowest BCUT2D eigenvalue weighted by Crippen LogP contribution is -2.27. The van der Waals surface area contributed by atoms with Crippen molar-refractivity contribution in [3.63, 3.8) is 0 Å². The third kappa shape index (κ3) is 4.95. The first-order chi connectivity index (χ1) is 12.5. The highest BCUT2D eigenvalue weighted by atomic mass is 35.5. The summed E-state index contributed by atoms with van der Waals surface area (Å²) < 4.78 is 0. The number of carbonyl (C=O) groups is 2. The lowest BCUT2D eigenvalue weighted by atomic mass is 10.2. The fraction of sp³-hybridized carbons (Fsp3) is 0.316. The van der Waals surface area contributed by atoms with E-state index < -0.39 is 5.97 Å². The van der Waals surface area contributed by atoms with Gasteiger partial charge in [0, 0.05) is 23.7 Å². The maximum Gasteiger partial charge on any atom is 0.339 e. The van der Waals surface area contributed by atoms with E-state index in [1.54, 1.807) is 24.3 Å². The van der Waals surface area contributed by atoms with Crippen LogP contribution >= 0.6 is 11.6 Å². The Morgan fingerprint density at radius 2 is 1.92 bits per heavy atom. The van der Waals surface area contributed by atoms with Gasteiger partial charge in [-0.25, -0.2) is 9.78 Å². The minimum Gasteiger partial charge on any atom is -0.478 e. The highest BCUT2D eigenvalue weighted by Crippen LogP contribution is 2.22. The zero-order valence-corrected chi connectivity index (χ0v) is 15.6. The van der Waals surface area contributed by atoms with Gasteiger partial charge in [-0.3, -0.25) is 4.79 Å². The molecule has 0 radical (unpaired) electrons. The van der Waals surface area contributed by atoms with Crippen molar-refractivity contribution in [2.24, 2.45) is 0 Å². The van der Waals surface area contributed by atoms with Gasteiger partial charge in [-0.15, -0.1) is 0 Å². The lowest BCUT2D eigenvalue weighted by Gasteiger charge is -2.23. The number of benzene rings is 1. The molecule has 6 nitrogen and oxygen atoms in total. The van der Waals surface area contributed by atoms with Gasteiger partial charge in [-0.1, -0.05) is 24.9 Å². The molecular weight excluding hydrogens is 354 g/mol. The molecule has 1 heterocycles. The monoisotopic (exact) mass is 375 g/mol. The standard InChI is InChI=1S/C19H22ClN3O3/c1-3-5-10-23(4-2)17-16(19(25)26)11-15(12-21-17)22-18(24)13-6-8-14(20)9-7-13/h6-9,11-12H,3-5,10H2,1-2H3,(H,22,24)(H,25,26). The highest BCUT2D eigenvalue weighted by molar-refractivity contribution is 6.30. The maximum atomic E-state index is 12.3. The van der Waals surface area contributed by atoms with E-state index in [1.165, 1.54) is 12.3 Å². The van der Waals surface area contributed by atoms with Gasteiger partial charge < -0.3 is 15.3 Å². The molecule has 0 bridgehead atoms. The number of carboxylic acid groups (broad SMARTS) is 1. The van der Waals surface area contributed by atoms with E-state index in [1.807, 2.05) is 11.8 Å². The molecule has 0 saturated heterocycles. The smallest absolute Gasteiger partial charge is 0.339 e. The van der Waals surface area contributed by atoms with Crippen molar-refractivity contribution in [2.75, 3.05) is 23.3 Å². The van der Waals surface area contributed by atoms with E-state index in [4.69, 9.17) is 11.6 Å². The zero-order valence-electron chi connectivity index (χ0n) is 14.8. The molecule has 1 aromatic carbocycles. The predicted octanol–water partition coefficient (Wildman–Crippen LogP) is 4.31. The number of nitrogens with one attached hydrogen (secondary N) is 1. The molecule has 26 heavy (non-hydrogen) atoms. The molecule has 2 rings (SSSR count). The first-order valence-electron chi connectivity index (χ1n) is 8.51. The molecule has 2 aromatic rings. The number of halogens is 1. The summed E-state index contributed by atoms with van der Waals surface area (Å²) >= 11 is 5.82. The minimum absolute atomic E-state index is 0.0665. The summed E-state index contributed by atoms with van der Waals surface area (Å²) in [5.41, 5.74) is 0.822. The Balaban J connectivity index is 2.25. The average molecular weight is 376 g/mol. The number of rotatable bonds is 8. The Morgan fingerprint density at radius 1 is 1.23 bits per heavy atom. The van der Waals surface area contributed by atoms with Crippen LogP contribution in [-0.2, 0) is 0 Å². The SMILES string of the molecule is CCCCN(CC)c1ncc(NC(=O)c2ccc(Cl)cc2)cc1C(=O)O. The van der Waals surface area contributed by atoms with Crippen LogP contribution in [0.15, 0.2) is 36.5 Å². The van der Waals surface area contributed by atoms with E-state index in [2.05, 4.69) is 17.2 Å². The van der Waals surface area contributed by atoms with Gasteiger partial charge >= 0.3 is 5.97 Å². The normalized spacial score (nSPS) is 10.4. The summed E-state index contributed by atoms with van der Waals surface area (Å²) in [5.74, 6) is -1.02. The van der Waals surface area contributed by atoms with Gasteiger partial charge in [-0.05, 0) is 43.7 Å². The third-order valence-electron chi connectivity index (χ3n) is 3.92. The Morgan fingerprint density at radius 3 is 2.50 bits per heavy atom. The highest BCUT2D eigenvalue weighted by Gasteiger charge is 2.18. The lowest BCUT2D eigenvalue weighted by molar-refractivity contribution is 0.0696. The molecule has 0 aliphatic carbocycles. The number of anilines is 2. The van der Waals surface area contributed by atoms with Gasteiger partial charge in [-0.2, -0.15) is 0 Å². The fourth-order valence-corrected chi connectivity index (χ4v) is 2.63. The molecule has 0 spiro atoms. The largest absolute Gasteiger partial charge is 0.478 e. The van der Waals surface area contributed by atoms with E-state index in [-0.39, 0.29) is 11.5 Å². The average Bonchev–Trinajstić information content (AvgIpc) is 2.63. The second-order valence-electron chi connectivity index (χ2n) is 5.79. The zero-order chi connectivity index (χ0) is 19.1. The van der Waals surface area contributed by atoms with Gasteiger partial charge in [0.25, 0.3) is 5.91 Å². The molecule has 0 atom stereocenters. The summed E-state index contributed by atoms with van der Waals surface area (Å²) in [6, 6.07) is 7.87. The molecule has 7 heteroatoms. The topological polar surface area (TPSA) is 82.5 Å². The number of hydrogen-bond donors (Lipinski definition) is 2. The molecule has 0 saturated carbocycles. The van der Waals surface area contributed by atoms with E-state index in [0.717, 1.165) is 19.4 Å². The second kappa shape index (κ2) is 9.20. The first kappa shape index (κ1) is 19.7. The second-order valence-corrected chi connectivity index (χ2v) is 6.23. The van der Waals surface area contributed by atoms with E-state index in [0.29, 0.717) is 28.6 Å². The fourth-order valence-electron chi connectivity index (χ4n) is 2.50. The summed E-state index contributed by atoms with van der Waals surface area (Å²) in [6.45, 7) is 5.43. The van der Waals surface area contributed by atoms with Crippen molar-refractivity contribution in [1.82, 2.24) is 4.98 Å². The van der Waals surface area contributed by atoms with Crippen molar-refractivity contribution in [2.45, 2.75) is 26.7 Å². The molecular formula is C19H22ClN3O3. The van der Waals surface area contributed by atoms with E-state index in [9.17, 15) is 14.7 Å². The Hall–Kier alpha value is -2.60. The predicted molar refractivity (Wildman–Crippen MR) is 103 cm³/mol. The van der Waals surface area contributed by atoms with Crippen molar-refractivity contribution in [3.05, 3.63) is 52.7 Å². The van der Waals surface area contributed by atoms with Crippen LogP contribution in [0.3, 0.4) is 0 Å². The van der Waals surface area contributed by atoms with Crippen LogP contribution in [-0.4, -0.2) is 35.1 Å². The molecule has 1 amide bonds. The van der Waals surface area contributed by atoms with Crippen LogP contribution in [0.25, 0.3) is 0 Å². The number of carboxylic acids is 1. The molecule has 0 aliphatic rings. The van der Waals surface area contributed by atoms with Crippen LogP contribution in [0, 0.1) is 0 Å². The van der Waals surface area contributed by atoms with Crippen LogP contribution in [0.1, 0.15) is 47.4 Å². The van der Waals surface area contributed by atoms with E-state index >= 15 is 0 Å². The molecule has 138 valence electrons. The summed E-state index contributed by atoms with van der Waals surface area (Å²) in [6.07, 6.45) is 3.43. The Kier molecular flexibility index (Phi) is 6.97. The van der Waals surface area contributed by atoms with Crippen molar-refractivity contribution >= 4 is 35.0 Å². The van der Waals surface area contributed by atoms with Crippen LogP contribution in [0.5, 0.6) is 0 Å². The summed E-state index contributed by atoms with van der Waals surface area (Å²) in [7, 11) is 0. The number of amides is 1. The molecule has 2 N–H and O–H groups in total. The van der Waals surface area contributed by atoms with Gasteiger partial charge in [0.1, 0.15) is 11.4 Å². The van der Waals surface area contributed by atoms with Crippen molar-refractivity contribution < 1.29 is 14.7 Å². The first-order valence-corrected chi connectivity index (χ1v) is 8.89. The van der Waals surface area contributed by atoms with Crippen molar-refractivity contribution in [3.8, 4) is 0 Å². The number of nitrogens with zero attached hydrogens (tertiary/aromatic N) is 2. The number of aromatic carboxylic acids is 1. The number of aromatic nitrogens is 1. The summed E-state index contributed by atoms with van der Waals surface area (Å²) in [5, 5.41) is 12.8. The molecule has 0 aliphatic heterocycles. The van der Waals surface area contributed by atoms with Crippen LogP contribution in [0.4, 0.5) is 11.5 Å². The minimum atomic E-state index is -1.08. The van der Waals surface area contributed by atoms with Crippen LogP contribution in [0.2, 0.25) is 5.02 Å². The van der Waals surface area contributed by atoms with Crippen molar-refractivity contribution in [1.29, 1.82) is 0 Å². The third-order valence-corrected chi connectivity index (χ3v) is 4.18.